The van der Waals surface area contributed by atoms with Crippen molar-refractivity contribution in [2.45, 2.75) is 16.7 Å². The van der Waals surface area contributed by atoms with E-state index in [0.717, 1.165) is 7.88 Å². The Hall–Kier alpha value is -3.56. The normalized spacial score (nSPS) is 11.5. The summed E-state index contributed by atoms with van der Waals surface area (Å²) in [6.45, 7) is 1.21. The lowest BCUT2D eigenvalue weighted by molar-refractivity contribution is -0.114. The molecule has 4 aromatic rings. The number of anilines is 3. The molecule has 10 nitrogen and oxygen atoms in total. The molecule has 13 heteroatoms. The van der Waals surface area contributed by atoms with Crippen LogP contribution in [0.5, 0.6) is 0 Å². The summed E-state index contributed by atoms with van der Waals surface area (Å²) < 4.78 is 56.4. The summed E-state index contributed by atoms with van der Waals surface area (Å²) in [7, 11) is -8.00. The predicted molar refractivity (Wildman–Crippen MR) is 153 cm³/mol. The van der Waals surface area contributed by atoms with Crippen molar-refractivity contribution in [3.8, 4) is 0 Å². The lowest BCUT2D eigenvalue weighted by Gasteiger charge is -2.24. The number of nitrogens with zero attached hydrogens (tertiary/aromatic N) is 3. The van der Waals surface area contributed by atoms with Crippen LogP contribution in [0.25, 0.3) is 0 Å². The highest BCUT2D eigenvalue weighted by molar-refractivity contribution is 14.1. The molecule has 1 heterocycles. The molecule has 0 atom stereocenters. The number of halogens is 1. The lowest BCUT2D eigenvalue weighted by atomic mass is 10.3. The first-order valence-electron chi connectivity index (χ1n) is 11.1. The minimum absolute atomic E-state index is 0.0472. The van der Waals surface area contributed by atoms with Gasteiger partial charge in [-0.15, -0.1) is 0 Å². The highest BCUT2D eigenvalue weighted by Gasteiger charge is 2.27. The summed E-state index contributed by atoms with van der Waals surface area (Å²) in [5, 5.41) is 2.63. The largest absolute Gasteiger partial charge is 0.325 e. The van der Waals surface area contributed by atoms with Gasteiger partial charge in [0.1, 0.15) is 6.54 Å². The summed E-state index contributed by atoms with van der Waals surface area (Å²) in [6, 6.07) is 21.7. The van der Waals surface area contributed by atoms with Gasteiger partial charge in [0, 0.05) is 21.1 Å². The maximum Gasteiger partial charge on any atom is 0.264 e. The Kier molecular flexibility index (Phi) is 8.28. The fraction of sp³-hybridized carbons (Fsp3) is 0.0800. The van der Waals surface area contributed by atoms with Gasteiger partial charge in [-0.1, -0.05) is 18.2 Å². The molecular weight excluding hydrogens is 641 g/mol. The standard InChI is InChI=1S/C25H22IN5O5S2/c1-18-15-16-27-25(28-18)30-37(33,34)22-13-9-20(10-14-22)29-24(32)17-31(21-11-7-19(26)8-12-21)38(35,36)23-5-3-2-4-6-23/h2-16H,17H2,1H3,(H,29,32)(H,27,28,30). The van der Waals surface area contributed by atoms with Crippen LogP contribution in [0.4, 0.5) is 17.3 Å². The Morgan fingerprint density at radius 1 is 0.868 bits per heavy atom. The van der Waals surface area contributed by atoms with Crippen molar-refractivity contribution in [2.24, 2.45) is 0 Å². The van der Waals surface area contributed by atoms with Crippen LogP contribution in [-0.4, -0.2) is 39.3 Å². The van der Waals surface area contributed by atoms with Crippen molar-refractivity contribution in [2.75, 3.05) is 20.9 Å². The number of aromatic nitrogens is 2. The summed E-state index contributed by atoms with van der Waals surface area (Å²) in [5.74, 6) is -0.664. The molecule has 0 saturated heterocycles. The fourth-order valence-corrected chi connectivity index (χ4v) is 6.12. The van der Waals surface area contributed by atoms with Gasteiger partial charge in [-0.2, -0.15) is 0 Å². The van der Waals surface area contributed by atoms with E-state index in [1.54, 1.807) is 55.5 Å². The Balaban J connectivity index is 1.52. The maximum atomic E-state index is 13.4. The molecule has 196 valence electrons. The average molecular weight is 664 g/mol. The van der Waals surface area contributed by atoms with Crippen LogP contribution in [0.3, 0.4) is 0 Å². The van der Waals surface area contributed by atoms with E-state index in [2.05, 4.69) is 42.6 Å². The van der Waals surface area contributed by atoms with Crippen LogP contribution >= 0.6 is 22.6 Å². The number of carbonyl (C=O) groups is 1. The van der Waals surface area contributed by atoms with Gasteiger partial charge in [-0.3, -0.25) is 9.10 Å². The summed E-state index contributed by atoms with van der Waals surface area (Å²) in [6.07, 6.45) is 1.44. The molecule has 0 aliphatic rings. The number of benzene rings is 3. The second-order valence-electron chi connectivity index (χ2n) is 8.00. The van der Waals surface area contributed by atoms with Crippen molar-refractivity contribution in [3.05, 3.63) is 100 Å². The smallest absolute Gasteiger partial charge is 0.264 e. The van der Waals surface area contributed by atoms with Crippen LogP contribution < -0.4 is 14.3 Å². The maximum absolute atomic E-state index is 13.4. The van der Waals surface area contributed by atoms with Crippen LogP contribution in [0.1, 0.15) is 5.69 Å². The summed E-state index contributed by atoms with van der Waals surface area (Å²) in [4.78, 5) is 20.8. The van der Waals surface area contributed by atoms with Gasteiger partial charge in [0.2, 0.25) is 11.9 Å². The van der Waals surface area contributed by atoms with Crippen LogP contribution in [0, 0.1) is 10.5 Å². The first-order chi connectivity index (χ1) is 18.0. The zero-order valence-electron chi connectivity index (χ0n) is 19.9. The van der Waals surface area contributed by atoms with Gasteiger partial charge in [-0.05, 0) is 96.2 Å². The molecule has 0 spiro atoms. The average Bonchev–Trinajstić information content (AvgIpc) is 2.88. The van der Waals surface area contributed by atoms with E-state index in [4.69, 9.17) is 0 Å². The third-order valence-corrected chi connectivity index (χ3v) is 9.05. The van der Waals surface area contributed by atoms with E-state index in [-0.39, 0.29) is 15.7 Å². The highest BCUT2D eigenvalue weighted by atomic mass is 127. The number of rotatable bonds is 9. The van der Waals surface area contributed by atoms with E-state index in [0.29, 0.717) is 17.1 Å². The van der Waals surface area contributed by atoms with E-state index in [9.17, 15) is 21.6 Å². The van der Waals surface area contributed by atoms with Gasteiger partial charge in [0.05, 0.1) is 15.5 Å². The number of hydrogen-bond acceptors (Lipinski definition) is 7. The fourth-order valence-electron chi connectivity index (χ4n) is 3.37. The van der Waals surface area contributed by atoms with Crippen molar-refractivity contribution in [1.82, 2.24) is 9.97 Å². The molecule has 4 rings (SSSR count). The molecule has 0 aliphatic carbocycles. The molecule has 0 radical (unpaired) electrons. The Morgan fingerprint density at radius 3 is 2.16 bits per heavy atom. The molecule has 38 heavy (non-hydrogen) atoms. The monoisotopic (exact) mass is 663 g/mol. The van der Waals surface area contributed by atoms with Crippen molar-refractivity contribution < 1.29 is 21.6 Å². The number of hydrogen-bond donors (Lipinski definition) is 2. The first kappa shape index (κ1) is 27.5. The highest BCUT2D eigenvalue weighted by Crippen LogP contribution is 2.25. The van der Waals surface area contributed by atoms with E-state index >= 15 is 0 Å². The topological polar surface area (TPSA) is 138 Å². The second kappa shape index (κ2) is 11.4. The molecule has 0 fully saturated rings. The number of carbonyl (C=O) groups excluding carboxylic acids is 1. The molecular formula is C25H22IN5O5S2. The Bertz CT molecular complexity index is 1650. The molecule has 0 aliphatic heterocycles. The zero-order chi connectivity index (χ0) is 27.3. The van der Waals surface area contributed by atoms with Gasteiger partial charge in [0.15, 0.2) is 0 Å². The summed E-state index contributed by atoms with van der Waals surface area (Å²) in [5.41, 5.74) is 1.22. The Morgan fingerprint density at radius 2 is 1.53 bits per heavy atom. The zero-order valence-corrected chi connectivity index (χ0v) is 23.7. The summed E-state index contributed by atoms with van der Waals surface area (Å²) >= 11 is 2.11. The third kappa shape index (κ3) is 6.65. The Labute approximate surface area is 234 Å². The molecule has 0 unspecified atom stereocenters. The third-order valence-electron chi connectivity index (χ3n) is 5.20. The predicted octanol–water partition coefficient (Wildman–Crippen LogP) is 4.02. The van der Waals surface area contributed by atoms with Crippen LogP contribution in [0.2, 0.25) is 0 Å². The number of sulfonamides is 2. The number of nitrogens with one attached hydrogen (secondary N) is 2. The molecule has 2 N–H and O–H groups in total. The van der Waals surface area contributed by atoms with Crippen molar-refractivity contribution in [3.63, 3.8) is 0 Å². The first-order valence-corrected chi connectivity index (χ1v) is 15.1. The van der Waals surface area contributed by atoms with Crippen LogP contribution in [0.15, 0.2) is 101 Å². The quantitative estimate of drug-likeness (QED) is 0.258. The van der Waals surface area contributed by atoms with E-state index < -0.39 is 32.5 Å². The SMILES string of the molecule is Cc1ccnc(NS(=O)(=O)c2ccc(NC(=O)CN(c3ccc(I)cc3)S(=O)(=O)c3ccccc3)cc2)n1. The molecule has 3 aromatic carbocycles. The molecule has 1 amide bonds. The molecule has 1 aromatic heterocycles. The van der Waals surface area contributed by atoms with Gasteiger partial charge >= 0.3 is 0 Å². The van der Waals surface area contributed by atoms with Gasteiger partial charge in [-0.25, -0.2) is 31.5 Å². The van der Waals surface area contributed by atoms with Gasteiger partial charge in [0.25, 0.3) is 20.0 Å². The molecule has 0 saturated carbocycles. The minimum atomic E-state index is -4.04. The van der Waals surface area contributed by atoms with E-state index in [1.807, 2.05) is 0 Å². The van der Waals surface area contributed by atoms with Gasteiger partial charge < -0.3 is 5.32 Å². The number of aryl methyl sites for hydroxylation is 1. The second-order valence-corrected chi connectivity index (χ2v) is 12.8. The van der Waals surface area contributed by atoms with Crippen molar-refractivity contribution >= 4 is 65.9 Å². The van der Waals surface area contributed by atoms with E-state index in [1.165, 1.54) is 42.6 Å². The molecule has 0 bridgehead atoms. The number of amides is 1. The minimum Gasteiger partial charge on any atom is -0.325 e. The lowest BCUT2D eigenvalue weighted by Crippen LogP contribution is -2.38. The van der Waals surface area contributed by atoms with Crippen LogP contribution in [-0.2, 0) is 24.8 Å². The van der Waals surface area contributed by atoms with Crippen molar-refractivity contribution in [1.29, 1.82) is 0 Å².